The summed E-state index contributed by atoms with van der Waals surface area (Å²) in [6.07, 6.45) is 5.49. The second-order valence-corrected chi connectivity index (χ2v) is 8.30. The molecule has 1 fully saturated rings. The van der Waals surface area contributed by atoms with Crippen LogP contribution in [0.5, 0.6) is 5.75 Å². The Balaban J connectivity index is 1.38. The van der Waals surface area contributed by atoms with E-state index in [4.69, 9.17) is 9.72 Å². The molecule has 1 N–H and O–H groups in total. The lowest BCUT2D eigenvalue weighted by atomic mass is 9.88. The Morgan fingerprint density at radius 2 is 1.93 bits per heavy atom. The lowest BCUT2D eigenvalue weighted by Gasteiger charge is -2.30. The molecule has 6 heteroatoms. The summed E-state index contributed by atoms with van der Waals surface area (Å²) in [6.45, 7) is 2.54. The number of para-hydroxylation sites is 2. The summed E-state index contributed by atoms with van der Waals surface area (Å²) >= 11 is 0. The van der Waals surface area contributed by atoms with Gasteiger partial charge in [0, 0.05) is 24.7 Å². The maximum Gasteiger partial charge on any atom is 0.227 e. The van der Waals surface area contributed by atoms with Crippen LogP contribution in [-0.4, -0.2) is 29.1 Å². The van der Waals surface area contributed by atoms with Crippen molar-refractivity contribution < 1.29 is 9.53 Å². The number of fused-ring (bicyclic) bond motifs is 3. The quantitative estimate of drug-likeness (QED) is 0.691. The first kappa shape index (κ1) is 19.0. The predicted octanol–water partition coefficient (Wildman–Crippen LogP) is 4.58. The summed E-state index contributed by atoms with van der Waals surface area (Å²) in [5, 5.41) is 3.14. The summed E-state index contributed by atoms with van der Waals surface area (Å²) in [4.78, 5) is 19.9. The molecule has 156 valence electrons. The van der Waals surface area contributed by atoms with Gasteiger partial charge in [0.05, 0.1) is 30.4 Å². The highest BCUT2D eigenvalue weighted by atomic mass is 16.5. The fraction of sp³-hybridized carbons (Fsp3) is 0.417. The summed E-state index contributed by atoms with van der Waals surface area (Å²) in [5.41, 5.74) is 4.07. The van der Waals surface area contributed by atoms with Gasteiger partial charge in [-0.15, -0.1) is 0 Å². The molecule has 0 spiro atoms. The molecule has 1 aliphatic heterocycles. The van der Waals surface area contributed by atoms with E-state index < -0.39 is 0 Å². The molecule has 0 bridgehead atoms. The van der Waals surface area contributed by atoms with Gasteiger partial charge in [-0.3, -0.25) is 4.79 Å². The van der Waals surface area contributed by atoms with E-state index in [0.717, 1.165) is 68.0 Å². The normalized spacial score (nSPS) is 17.0. The first-order valence-corrected chi connectivity index (χ1v) is 10.9. The average Bonchev–Trinajstić information content (AvgIpc) is 3.17. The van der Waals surface area contributed by atoms with E-state index in [2.05, 4.69) is 39.0 Å². The Bertz CT molecular complexity index is 1070. The van der Waals surface area contributed by atoms with Crippen LogP contribution in [0.3, 0.4) is 0 Å². The second kappa shape index (κ2) is 8.01. The minimum atomic E-state index is 0.113. The van der Waals surface area contributed by atoms with Crippen molar-refractivity contribution in [3.05, 3.63) is 48.3 Å². The van der Waals surface area contributed by atoms with Gasteiger partial charge < -0.3 is 19.5 Å². The average molecular weight is 405 g/mol. The number of ether oxygens (including phenoxy) is 1. The molecular weight excluding hydrogens is 376 g/mol. The monoisotopic (exact) mass is 404 g/mol. The number of carbonyl (C=O) groups is 1. The van der Waals surface area contributed by atoms with E-state index in [1.807, 2.05) is 18.2 Å². The SMILES string of the molecule is COc1ccc(N2CCn3c(nc4ccccc43)C2)cc1NC(=O)C1CCCCC1. The van der Waals surface area contributed by atoms with Gasteiger partial charge >= 0.3 is 0 Å². The van der Waals surface area contributed by atoms with E-state index in [1.165, 1.54) is 11.9 Å². The van der Waals surface area contributed by atoms with Crippen LogP contribution in [0.4, 0.5) is 11.4 Å². The van der Waals surface area contributed by atoms with Gasteiger partial charge in [-0.25, -0.2) is 4.98 Å². The highest BCUT2D eigenvalue weighted by Gasteiger charge is 2.24. The largest absolute Gasteiger partial charge is 0.495 e. The molecule has 3 aromatic rings. The summed E-state index contributed by atoms with van der Waals surface area (Å²) < 4.78 is 7.83. The zero-order valence-corrected chi connectivity index (χ0v) is 17.4. The molecule has 30 heavy (non-hydrogen) atoms. The van der Waals surface area contributed by atoms with Gasteiger partial charge in [-0.05, 0) is 43.2 Å². The van der Waals surface area contributed by atoms with E-state index >= 15 is 0 Å². The first-order chi connectivity index (χ1) is 14.7. The van der Waals surface area contributed by atoms with Crippen LogP contribution in [0.15, 0.2) is 42.5 Å². The third-order valence-corrected chi connectivity index (χ3v) is 6.44. The first-order valence-electron chi connectivity index (χ1n) is 10.9. The predicted molar refractivity (Wildman–Crippen MR) is 119 cm³/mol. The second-order valence-electron chi connectivity index (χ2n) is 8.30. The third-order valence-electron chi connectivity index (χ3n) is 6.44. The molecular formula is C24H28N4O2. The third kappa shape index (κ3) is 3.51. The molecule has 0 radical (unpaired) electrons. The standard InChI is InChI=1S/C24H28N4O2/c1-30-22-12-11-18(15-20(22)26-24(29)17-7-3-2-4-8-17)27-13-14-28-21-10-6-5-9-19(21)25-23(28)16-27/h5-6,9-12,15,17H,2-4,7-8,13-14,16H2,1H3,(H,26,29). The van der Waals surface area contributed by atoms with Gasteiger partial charge in [0.15, 0.2) is 0 Å². The molecule has 0 atom stereocenters. The molecule has 1 aliphatic carbocycles. The Hall–Kier alpha value is -3.02. The number of methoxy groups -OCH3 is 1. The van der Waals surface area contributed by atoms with Gasteiger partial charge in [-0.2, -0.15) is 0 Å². The molecule has 1 saturated carbocycles. The van der Waals surface area contributed by atoms with E-state index in [-0.39, 0.29) is 11.8 Å². The Labute approximate surface area is 176 Å². The molecule has 0 unspecified atom stereocenters. The van der Waals surface area contributed by atoms with Crippen molar-refractivity contribution in [1.82, 2.24) is 9.55 Å². The molecule has 2 heterocycles. The number of carbonyl (C=O) groups excluding carboxylic acids is 1. The van der Waals surface area contributed by atoms with Crippen molar-refractivity contribution in [2.24, 2.45) is 5.92 Å². The minimum Gasteiger partial charge on any atom is -0.495 e. The molecule has 5 rings (SSSR count). The number of nitrogens with one attached hydrogen (secondary N) is 1. The number of benzene rings is 2. The van der Waals surface area contributed by atoms with Crippen molar-refractivity contribution >= 4 is 28.3 Å². The molecule has 1 amide bonds. The molecule has 2 aromatic carbocycles. The highest BCUT2D eigenvalue weighted by molar-refractivity contribution is 5.94. The number of anilines is 2. The van der Waals surface area contributed by atoms with Gasteiger partial charge in [-0.1, -0.05) is 31.4 Å². The van der Waals surface area contributed by atoms with Crippen molar-refractivity contribution in [3.8, 4) is 5.75 Å². The van der Waals surface area contributed by atoms with Gasteiger partial charge in [0.2, 0.25) is 5.91 Å². The van der Waals surface area contributed by atoms with Crippen LogP contribution in [0.25, 0.3) is 11.0 Å². The number of hydrogen-bond acceptors (Lipinski definition) is 4. The topological polar surface area (TPSA) is 59.4 Å². The fourth-order valence-corrected chi connectivity index (χ4v) is 4.78. The van der Waals surface area contributed by atoms with E-state index in [9.17, 15) is 4.79 Å². The van der Waals surface area contributed by atoms with Crippen LogP contribution in [0.2, 0.25) is 0 Å². The van der Waals surface area contributed by atoms with Crippen LogP contribution >= 0.6 is 0 Å². The number of aromatic nitrogens is 2. The maximum atomic E-state index is 12.8. The number of rotatable bonds is 4. The van der Waals surface area contributed by atoms with Crippen molar-refractivity contribution in [1.29, 1.82) is 0 Å². The number of amides is 1. The summed E-state index contributed by atoms with van der Waals surface area (Å²) in [5.74, 6) is 2.01. The number of imidazole rings is 1. The van der Waals surface area contributed by atoms with E-state index in [0.29, 0.717) is 5.75 Å². The zero-order valence-electron chi connectivity index (χ0n) is 17.4. The maximum absolute atomic E-state index is 12.8. The molecule has 1 aromatic heterocycles. The highest BCUT2D eigenvalue weighted by Crippen LogP contribution is 2.33. The van der Waals surface area contributed by atoms with Crippen LogP contribution < -0.4 is 15.0 Å². The van der Waals surface area contributed by atoms with Gasteiger partial charge in [0.1, 0.15) is 11.6 Å². The molecule has 0 saturated heterocycles. The van der Waals surface area contributed by atoms with Crippen molar-refractivity contribution in [2.75, 3.05) is 23.9 Å². The van der Waals surface area contributed by atoms with Crippen LogP contribution in [0.1, 0.15) is 37.9 Å². The van der Waals surface area contributed by atoms with Crippen molar-refractivity contribution in [3.63, 3.8) is 0 Å². The lowest BCUT2D eigenvalue weighted by Crippen LogP contribution is -2.33. The van der Waals surface area contributed by atoms with Crippen molar-refractivity contribution in [2.45, 2.75) is 45.2 Å². The van der Waals surface area contributed by atoms with Crippen LogP contribution in [-0.2, 0) is 17.9 Å². The Morgan fingerprint density at radius 1 is 1.10 bits per heavy atom. The number of hydrogen-bond donors (Lipinski definition) is 1. The minimum absolute atomic E-state index is 0.113. The zero-order chi connectivity index (χ0) is 20.5. The Morgan fingerprint density at radius 3 is 2.77 bits per heavy atom. The van der Waals surface area contributed by atoms with Crippen LogP contribution in [0, 0.1) is 5.92 Å². The molecule has 2 aliphatic rings. The van der Waals surface area contributed by atoms with E-state index in [1.54, 1.807) is 7.11 Å². The smallest absolute Gasteiger partial charge is 0.227 e. The molecule has 6 nitrogen and oxygen atoms in total. The van der Waals surface area contributed by atoms with Gasteiger partial charge in [0.25, 0.3) is 0 Å². The summed E-state index contributed by atoms with van der Waals surface area (Å²) in [6, 6.07) is 14.3. The number of nitrogens with zero attached hydrogens (tertiary/aromatic N) is 3. The fourth-order valence-electron chi connectivity index (χ4n) is 4.78. The lowest BCUT2D eigenvalue weighted by molar-refractivity contribution is -0.120. The summed E-state index contributed by atoms with van der Waals surface area (Å²) in [7, 11) is 1.65. The Kier molecular flexibility index (Phi) is 5.07.